The number of carbonyl (C=O) groups excluding carboxylic acids is 1. The van der Waals surface area contributed by atoms with Gasteiger partial charge < -0.3 is 15.4 Å². The lowest BCUT2D eigenvalue weighted by molar-refractivity contribution is -0.133. The van der Waals surface area contributed by atoms with Crippen molar-refractivity contribution in [2.45, 2.75) is 51.4 Å². The molecule has 2 unspecified atom stereocenters. The number of piperidine rings is 1. The van der Waals surface area contributed by atoms with Crippen LogP contribution in [0.2, 0.25) is 0 Å². The van der Waals surface area contributed by atoms with Gasteiger partial charge in [-0.3, -0.25) is 4.79 Å². The van der Waals surface area contributed by atoms with Crippen LogP contribution in [0.3, 0.4) is 0 Å². The van der Waals surface area contributed by atoms with Crippen LogP contribution in [-0.2, 0) is 4.79 Å². The second kappa shape index (κ2) is 11.5. The summed E-state index contributed by atoms with van der Waals surface area (Å²) in [6.45, 7) is 2.05. The van der Waals surface area contributed by atoms with Gasteiger partial charge in [0.25, 0.3) is 5.91 Å². The number of likely N-dealkylation sites (tertiary alicyclic amines) is 1. The SMILES string of the molecule is CC(C/C=C(/c1nn([C@@H]2CCCN(C(=O)CF)C2)c2ncnc(N)c12)C(C)F)Oc1c(F)c(F)cc(F)c1F. The Kier molecular flexibility index (Phi) is 8.31. The molecule has 2 aromatic heterocycles. The Morgan fingerprint density at radius 1 is 1.21 bits per heavy atom. The summed E-state index contributed by atoms with van der Waals surface area (Å²) in [5.41, 5.74) is 6.53. The fraction of sp³-hybridized carbons (Fsp3) is 0.440. The summed E-state index contributed by atoms with van der Waals surface area (Å²) >= 11 is 0. The highest BCUT2D eigenvalue weighted by molar-refractivity contribution is 5.96. The van der Waals surface area contributed by atoms with Crippen LogP contribution in [0.15, 0.2) is 18.5 Å². The Labute approximate surface area is 219 Å². The van der Waals surface area contributed by atoms with E-state index in [4.69, 9.17) is 10.5 Å². The second-order valence-corrected chi connectivity index (χ2v) is 9.26. The molecule has 1 saturated heterocycles. The molecule has 0 radical (unpaired) electrons. The molecule has 210 valence electrons. The number of allylic oxidation sites excluding steroid dienone is 1. The molecular formula is C25H26F6N6O2. The molecule has 39 heavy (non-hydrogen) atoms. The number of amides is 1. The van der Waals surface area contributed by atoms with E-state index >= 15 is 0 Å². The van der Waals surface area contributed by atoms with Gasteiger partial charge in [-0.15, -0.1) is 0 Å². The fourth-order valence-corrected chi connectivity index (χ4v) is 4.56. The Morgan fingerprint density at radius 2 is 1.90 bits per heavy atom. The molecule has 0 saturated carbocycles. The number of carbonyl (C=O) groups is 1. The van der Waals surface area contributed by atoms with Crippen LogP contribution in [-0.4, -0.2) is 62.6 Å². The van der Waals surface area contributed by atoms with Gasteiger partial charge in [-0.25, -0.2) is 32.2 Å². The van der Waals surface area contributed by atoms with Gasteiger partial charge in [-0.05, 0) is 26.7 Å². The summed E-state index contributed by atoms with van der Waals surface area (Å²) in [6, 6.07) is -0.329. The van der Waals surface area contributed by atoms with Crippen LogP contribution in [0.25, 0.3) is 16.6 Å². The van der Waals surface area contributed by atoms with E-state index in [0.29, 0.717) is 19.4 Å². The maximum absolute atomic E-state index is 14.9. The van der Waals surface area contributed by atoms with Crippen LogP contribution >= 0.6 is 0 Å². The molecule has 3 atom stereocenters. The highest BCUT2D eigenvalue weighted by Crippen LogP contribution is 2.34. The Hall–Kier alpha value is -3.84. The number of halogens is 6. The third-order valence-electron chi connectivity index (χ3n) is 6.49. The first kappa shape index (κ1) is 28.2. The summed E-state index contributed by atoms with van der Waals surface area (Å²) in [5.74, 6) is -8.47. The number of nitrogens with two attached hydrogens (primary N) is 1. The molecule has 2 N–H and O–H groups in total. The lowest BCUT2D eigenvalue weighted by atomic mass is 10.0. The number of benzene rings is 1. The molecule has 0 aliphatic carbocycles. The third-order valence-corrected chi connectivity index (χ3v) is 6.49. The quantitative estimate of drug-likeness (QED) is 0.319. The van der Waals surface area contributed by atoms with Crippen molar-refractivity contribution in [1.82, 2.24) is 24.6 Å². The first-order valence-electron chi connectivity index (χ1n) is 12.2. The van der Waals surface area contributed by atoms with Crippen molar-refractivity contribution < 1.29 is 35.9 Å². The molecule has 1 aromatic carbocycles. The van der Waals surface area contributed by atoms with Gasteiger partial charge >= 0.3 is 0 Å². The zero-order valence-electron chi connectivity index (χ0n) is 21.1. The van der Waals surface area contributed by atoms with Crippen LogP contribution < -0.4 is 10.5 Å². The smallest absolute Gasteiger partial charge is 0.254 e. The topological polar surface area (TPSA) is 99.2 Å². The van der Waals surface area contributed by atoms with Gasteiger partial charge in [0, 0.05) is 31.1 Å². The van der Waals surface area contributed by atoms with Gasteiger partial charge in [0.05, 0.1) is 17.5 Å². The van der Waals surface area contributed by atoms with Gasteiger partial charge in [-0.2, -0.15) is 13.9 Å². The molecular weight excluding hydrogens is 530 g/mol. The number of anilines is 1. The summed E-state index contributed by atoms with van der Waals surface area (Å²) in [7, 11) is 0. The van der Waals surface area contributed by atoms with Crippen molar-refractivity contribution in [1.29, 1.82) is 0 Å². The Balaban J connectivity index is 1.68. The molecule has 8 nitrogen and oxygen atoms in total. The molecule has 0 spiro atoms. The normalized spacial score (nSPS) is 17.9. The largest absolute Gasteiger partial charge is 0.484 e. The maximum Gasteiger partial charge on any atom is 0.254 e. The molecule has 14 heteroatoms. The number of hydrogen-bond donors (Lipinski definition) is 1. The number of rotatable bonds is 8. The van der Waals surface area contributed by atoms with Gasteiger partial charge in [-0.1, -0.05) is 6.08 Å². The van der Waals surface area contributed by atoms with Crippen LogP contribution in [0, 0.1) is 23.3 Å². The molecule has 3 heterocycles. The molecule has 3 aromatic rings. The number of nitrogens with zero attached hydrogens (tertiary/aromatic N) is 5. The van der Waals surface area contributed by atoms with E-state index in [1.54, 1.807) is 0 Å². The molecule has 1 aliphatic rings. The van der Waals surface area contributed by atoms with Gasteiger partial charge in [0.2, 0.25) is 11.6 Å². The van der Waals surface area contributed by atoms with Crippen LogP contribution in [0.1, 0.15) is 44.8 Å². The molecule has 1 fully saturated rings. The zero-order chi connectivity index (χ0) is 28.4. The number of hydrogen-bond acceptors (Lipinski definition) is 6. The highest BCUT2D eigenvalue weighted by Gasteiger charge is 2.30. The lowest BCUT2D eigenvalue weighted by Crippen LogP contribution is -2.41. The lowest BCUT2D eigenvalue weighted by Gasteiger charge is -2.32. The fourth-order valence-electron chi connectivity index (χ4n) is 4.56. The van der Waals surface area contributed by atoms with E-state index in [1.165, 1.54) is 35.8 Å². The van der Waals surface area contributed by atoms with Crippen molar-refractivity contribution in [3.63, 3.8) is 0 Å². The molecule has 0 bridgehead atoms. The summed E-state index contributed by atoms with van der Waals surface area (Å²) in [6.07, 6.45) is 0.977. The zero-order valence-corrected chi connectivity index (χ0v) is 21.1. The second-order valence-electron chi connectivity index (χ2n) is 9.26. The van der Waals surface area contributed by atoms with Gasteiger partial charge in [0.1, 0.15) is 24.0 Å². The summed E-state index contributed by atoms with van der Waals surface area (Å²) in [4.78, 5) is 21.6. The van der Waals surface area contributed by atoms with E-state index in [0.717, 1.165) is 0 Å². The van der Waals surface area contributed by atoms with E-state index in [-0.39, 0.29) is 47.2 Å². The molecule has 4 rings (SSSR count). The monoisotopic (exact) mass is 556 g/mol. The van der Waals surface area contributed by atoms with Crippen molar-refractivity contribution in [2.24, 2.45) is 0 Å². The van der Waals surface area contributed by atoms with Gasteiger partial charge in [0.15, 0.2) is 29.7 Å². The summed E-state index contributed by atoms with van der Waals surface area (Å²) in [5, 5.41) is 4.81. The van der Waals surface area contributed by atoms with E-state index in [2.05, 4.69) is 15.1 Å². The number of aromatic nitrogens is 4. The standard InChI is InChI=1S/C25H26F6N6O2/c1-12(39-23-20(30)16(28)8-17(29)21(23)31)5-6-15(13(2)27)22-19-24(32)33-11-34-25(19)37(35-22)14-4-3-7-36(10-14)18(38)9-26/h6,8,11-14H,3-5,7,9-10H2,1-2H3,(H2,32,33,34)/b15-6+/t12?,13?,14-/m1/s1. The third kappa shape index (κ3) is 5.64. The van der Waals surface area contributed by atoms with Crippen LogP contribution in [0.5, 0.6) is 5.75 Å². The maximum atomic E-state index is 14.9. The average molecular weight is 557 g/mol. The minimum atomic E-state index is -1.69. The molecule has 1 amide bonds. The molecule has 1 aliphatic heterocycles. The number of alkyl halides is 2. The van der Waals surface area contributed by atoms with Crippen LogP contribution in [0.4, 0.5) is 32.2 Å². The first-order chi connectivity index (χ1) is 18.5. The Bertz CT molecular complexity index is 1390. The van der Waals surface area contributed by atoms with E-state index in [9.17, 15) is 31.1 Å². The van der Waals surface area contributed by atoms with Crippen molar-refractivity contribution in [2.75, 3.05) is 25.5 Å². The average Bonchev–Trinajstić information content (AvgIpc) is 3.30. The number of ether oxygens (including phenoxy) is 1. The predicted molar refractivity (Wildman–Crippen MR) is 130 cm³/mol. The minimum Gasteiger partial charge on any atom is -0.484 e. The summed E-state index contributed by atoms with van der Waals surface area (Å²) < 4.78 is 89.7. The van der Waals surface area contributed by atoms with Crippen molar-refractivity contribution in [3.05, 3.63) is 47.4 Å². The van der Waals surface area contributed by atoms with Crippen molar-refractivity contribution in [3.8, 4) is 5.75 Å². The highest BCUT2D eigenvalue weighted by atomic mass is 19.2. The minimum absolute atomic E-state index is 0.0176. The number of fused-ring (bicyclic) bond motifs is 1. The van der Waals surface area contributed by atoms with Crippen molar-refractivity contribution >= 4 is 28.3 Å². The van der Waals surface area contributed by atoms with E-state index in [1.807, 2.05) is 0 Å². The van der Waals surface area contributed by atoms with E-state index < -0.39 is 59.9 Å². The first-order valence-corrected chi connectivity index (χ1v) is 12.2. The number of nitrogen functional groups attached to an aromatic ring is 1. The predicted octanol–water partition coefficient (Wildman–Crippen LogP) is 4.70. The Morgan fingerprint density at radius 3 is 2.54 bits per heavy atom.